The molecule has 0 saturated heterocycles. The van der Waals surface area contributed by atoms with Gasteiger partial charge in [0.05, 0.1) is 6.04 Å². The van der Waals surface area contributed by atoms with Crippen LogP contribution in [-0.4, -0.2) is 25.2 Å². The van der Waals surface area contributed by atoms with E-state index < -0.39 is 0 Å². The fraction of sp³-hybridized carbons (Fsp3) is 0.278. The van der Waals surface area contributed by atoms with Crippen molar-refractivity contribution >= 4 is 5.91 Å². The zero-order chi connectivity index (χ0) is 15.8. The van der Waals surface area contributed by atoms with E-state index in [1.54, 1.807) is 0 Å². The monoisotopic (exact) mass is 299 g/mol. The normalized spacial score (nSPS) is 11.5. The van der Waals surface area contributed by atoms with Crippen molar-refractivity contribution in [2.45, 2.75) is 19.9 Å². The van der Waals surface area contributed by atoms with Gasteiger partial charge in [-0.2, -0.15) is 0 Å². The van der Waals surface area contributed by atoms with Crippen LogP contribution in [0.1, 0.15) is 12.5 Å². The molecule has 1 atom stereocenters. The van der Waals surface area contributed by atoms with Crippen LogP contribution < -0.4 is 14.8 Å². The van der Waals surface area contributed by atoms with Crippen LogP contribution in [0.25, 0.3) is 0 Å². The van der Waals surface area contributed by atoms with E-state index in [0.717, 1.165) is 5.75 Å². The molecule has 2 aromatic rings. The van der Waals surface area contributed by atoms with Crippen LogP contribution in [0, 0.1) is 6.92 Å². The summed E-state index contributed by atoms with van der Waals surface area (Å²) in [6, 6.07) is 17.0. The Morgan fingerprint density at radius 3 is 2.32 bits per heavy atom. The van der Waals surface area contributed by atoms with Crippen molar-refractivity contribution < 1.29 is 14.3 Å². The summed E-state index contributed by atoms with van der Waals surface area (Å²) < 4.78 is 11.0. The zero-order valence-corrected chi connectivity index (χ0v) is 12.9. The number of hydrogen-bond donors (Lipinski definition) is 1. The molecule has 0 fully saturated rings. The minimum Gasteiger partial charge on any atom is -0.491 e. The van der Waals surface area contributed by atoms with E-state index in [9.17, 15) is 4.79 Å². The van der Waals surface area contributed by atoms with Crippen LogP contribution in [0.4, 0.5) is 0 Å². The van der Waals surface area contributed by atoms with Crippen molar-refractivity contribution in [3.63, 3.8) is 0 Å². The van der Waals surface area contributed by atoms with E-state index in [4.69, 9.17) is 9.47 Å². The van der Waals surface area contributed by atoms with Crippen LogP contribution in [0.5, 0.6) is 11.5 Å². The molecule has 0 unspecified atom stereocenters. The summed E-state index contributed by atoms with van der Waals surface area (Å²) in [6.45, 7) is 4.34. The van der Waals surface area contributed by atoms with Gasteiger partial charge in [-0.25, -0.2) is 0 Å². The Bertz CT molecular complexity index is 581. The number of ether oxygens (including phenoxy) is 2. The van der Waals surface area contributed by atoms with E-state index in [-0.39, 0.29) is 18.6 Å². The maximum Gasteiger partial charge on any atom is 0.258 e. The topological polar surface area (TPSA) is 47.6 Å². The lowest BCUT2D eigenvalue weighted by molar-refractivity contribution is -0.123. The Balaban J connectivity index is 1.68. The number of nitrogens with one attached hydrogen (secondary N) is 1. The summed E-state index contributed by atoms with van der Waals surface area (Å²) in [5, 5.41) is 2.84. The van der Waals surface area contributed by atoms with Crippen LogP contribution in [0.2, 0.25) is 0 Å². The minimum atomic E-state index is -0.163. The molecule has 22 heavy (non-hydrogen) atoms. The van der Waals surface area contributed by atoms with E-state index in [1.807, 2.05) is 68.4 Å². The van der Waals surface area contributed by atoms with Gasteiger partial charge in [-0.05, 0) is 38.1 Å². The first-order valence-corrected chi connectivity index (χ1v) is 7.30. The molecule has 0 aliphatic rings. The van der Waals surface area contributed by atoms with Crippen molar-refractivity contribution in [3.05, 3.63) is 60.2 Å². The Hall–Kier alpha value is -2.49. The highest BCUT2D eigenvalue weighted by Gasteiger charge is 2.08. The number of hydrogen-bond acceptors (Lipinski definition) is 3. The summed E-state index contributed by atoms with van der Waals surface area (Å²) in [7, 11) is 0. The molecule has 0 aliphatic carbocycles. The molecule has 0 spiro atoms. The number of benzene rings is 2. The van der Waals surface area contributed by atoms with Crippen molar-refractivity contribution in [3.8, 4) is 11.5 Å². The average molecular weight is 299 g/mol. The summed E-state index contributed by atoms with van der Waals surface area (Å²) >= 11 is 0. The van der Waals surface area contributed by atoms with E-state index in [1.165, 1.54) is 5.56 Å². The smallest absolute Gasteiger partial charge is 0.258 e. The third kappa shape index (κ3) is 5.48. The molecule has 116 valence electrons. The summed E-state index contributed by atoms with van der Waals surface area (Å²) in [5.74, 6) is 1.32. The maximum absolute atomic E-state index is 11.8. The second-order valence-electron chi connectivity index (χ2n) is 5.19. The fourth-order valence-electron chi connectivity index (χ4n) is 1.88. The van der Waals surface area contributed by atoms with E-state index >= 15 is 0 Å². The Labute approximate surface area is 131 Å². The molecular weight excluding hydrogens is 278 g/mol. The van der Waals surface area contributed by atoms with Gasteiger partial charge >= 0.3 is 0 Å². The van der Waals surface area contributed by atoms with Gasteiger partial charge in [0.2, 0.25) is 0 Å². The van der Waals surface area contributed by atoms with Gasteiger partial charge < -0.3 is 14.8 Å². The van der Waals surface area contributed by atoms with Gasteiger partial charge in [0.25, 0.3) is 5.91 Å². The average Bonchev–Trinajstić information content (AvgIpc) is 2.53. The molecule has 0 aromatic heterocycles. The predicted molar refractivity (Wildman–Crippen MR) is 86.2 cm³/mol. The van der Waals surface area contributed by atoms with Gasteiger partial charge in [-0.1, -0.05) is 35.9 Å². The van der Waals surface area contributed by atoms with E-state index in [2.05, 4.69) is 5.32 Å². The molecule has 0 heterocycles. The first-order chi connectivity index (χ1) is 10.6. The van der Waals surface area contributed by atoms with Gasteiger partial charge in [0, 0.05) is 0 Å². The second-order valence-corrected chi connectivity index (χ2v) is 5.19. The molecule has 1 amide bonds. The molecule has 4 nitrogen and oxygen atoms in total. The quantitative estimate of drug-likeness (QED) is 0.855. The number of carbonyl (C=O) groups is 1. The molecular formula is C18H21NO3. The van der Waals surface area contributed by atoms with Gasteiger partial charge in [0.1, 0.15) is 18.1 Å². The van der Waals surface area contributed by atoms with Crippen molar-refractivity contribution in [1.29, 1.82) is 0 Å². The molecule has 0 bridgehead atoms. The molecule has 1 N–H and O–H groups in total. The first kappa shape index (κ1) is 15.9. The van der Waals surface area contributed by atoms with Crippen LogP contribution in [0.3, 0.4) is 0 Å². The summed E-state index contributed by atoms with van der Waals surface area (Å²) in [5.41, 5.74) is 1.19. The Morgan fingerprint density at radius 1 is 1.00 bits per heavy atom. The number of para-hydroxylation sites is 1. The zero-order valence-electron chi connectivity index (χ0n) is 12.9. The SMILES string of the molecule is Cc1ccc(OC[C@H](C)NC(=O)COc2ccccc2)cc1. The molecule has 4 heteroatoms. The third-order valence-electron chi connectivity index (χ3n) is 3.04. The standard InChI is InChI=1S/C18H21NO3/c1-14-8-10-17(11-9-14)21-12-15(2)19-18(20)13-22-16-6-4-3-5-7-16/h3-11,15H,12-13H2,1-2H3,(H,19,20)/t15-/m0/s1. The second kappa shape index (κ2) is 8.08. The van der Waals surface area contributed by atoms with Crippen molar-refractivity contribution in [1.82, 2.24) is 5.32 Å². The fourth-order valence-corrected chi connectivity index (χ4v) is 1.88. The molecule has 0 saturated carbocycles. The molecule has 0 aliphatic heterocycles. The summed E-state index contributed by atoms with van der Waals surface area (Å²) in [4.78, 5) is 11.8. The molecule has 2 rings (SSSR count). The maximum atomic E-state index is 11.8. The Morgan fingerprint density at radius 2 is 1.64 bits per heavy atom. The number of carbonyl (C=O) groups excluding carboxylic acids is 1. The van der Waals surface area contributed by atoms with Crippen LogP contribution >= 0.6 is 0 Å². The highest BCUT2D eigenvalue weighted by Crippen LogP contribution is 2.11. The highest BCUT2D eigenvalue weighted by atomic mass is 16.5. The van der Waals surface area contributed by atoms with Crippen molar-refractivity contribution in [2.75, 3.05) is 13.2 Å². The van der Waals surface area contributed by atoms with E-state index in [0.29, 0.717) is 12.4 Å². The van der Waals surface area contributed by atoms with Gasteiger partial charge in [-0.15, -0.1) is 0 Å². The first-order valence-electron chi connectivity index (χ1n) is 7.30. The lowest BCUT2D eigenvalue weighted by Crippen LogP contribution is -2.39. The number of amides is 1. The van der Waals surface area contributed by atoms with Crippen molar-refractivity contribution in [2.24, 2.45) is 0 Å². The summed E-state index contributed by atoms with van der Waals surface area (Å²) in [6.07, 6.45) is 0. The highest BCUT2D eigenvalue weighted by molar-refractivity contribution is 5.77. The number of rotatable bonds is 7. The minimum absolute atomic E-state index is 0.00111. The lowest BCUT2D eigenvalue weighted by Gasteiger charge is -2.15. The predicted octanol–water partition coefficient (Wildman–Crippen LogP) is 2.96. The third-order valence-corrected chi connectivity index (χ3v) is 3.04. The van der Waals surface area contributed by atoms with Gasteiger partial charge in [0.15, 0.2) is 6.61 Å². The van der Waals surface area contributed by atoms with Crippen LogP contribution in [0.15, 0.2) is 54.6 Å². The molecule has 0 radical (unpaired) electrons. The Kier molecular flexibility index (Phi) is 5.83. The van der Waals surface area contributed by atoms with Crippen LogP contribution in [-0.2, 0) is 4.79 Å². The number of aryl methyl sites for hydroxylation is 1. The largest absolute Gasteiger partial charge is 0.491 e. The van der Waals surface area contributed by atoms with Gasteiger partial charge in [-0.3, -0.25) is 4.79 Å². The lowest BCUT2D eigenvalue weighted by atomic mass is 10.2. The molecule has 2 aromatic carbocycles.